The minimum atomic E-state index is -3.84. The van der Waals surface area contributed by atoms with Crippen molar-refractivity contribution in [3.63, 3.8) is 0 Å². The molecule has 27 heavy (non-hydrogen) atoms. The highest BCUT2D eigenvalue weighted by Crippen LogP contribution is 2.20. The normalized spacial score (nSPS) is 12.7. The summed E-state index contributed by atoms with van der Waals surface area (Å²) in [7, 11) is -2.29. The number of hydrogen-bond donors (Lipinski definition) is 1. The topological polar surface area (TPSA) is 75.7 Å². The third-order valence-electron chi connectivity index (χ3n) is 3.80. The van der Waals surface area contributed by atoms with Crippen molar-refractivity contribution in [3.05, 3.63) is 64.6 Å². The van der Waals surface area contributed by atoms with Gasteiger partial charge in [0.2, 0.25) is 15.9 Å². The van der Waals surface area contributed by atoms with Gasteiger partial charge in [-0.05, 0) is 36.8 Å². The standard InChI is InChI=1S/C19H23BrN2O4S/c1-15(14-26-2)21-19(23)13-22(12-16-6-4-3-5-7-16)27(24,25)18-10-8-17(20)9-11-18/h3-11,15H,12-14H2,1-2H3,(H,21,23)/t15-/m1/s1. The Morgan fingerprint density at radius 2 is 1.78 bits per heavy atom. The Morgan fingerprint density at radius 3 is 2.37 bits per heavy atom. The van der Waals surface area contributed by atoms with Crippen LogP contribution in [0.3, 0.4) is 0 Å². The van der Waals surface area contributed by atoms with Gasteiger partial charge < -0.3 is 10.1 Å². The van der Waals surface area contributed by atoms with E-state index in [-0.39, 0.29) is 29.9 Å². The SMILES string of the molecule is COC[C@@H](C)NC(=O)CN(Cc1ccccc1)S(=O)(=O)c1ccc(Br)cc1. The first-order valence-corrected chi connectivity index (χ1v) is 10.6. The Balaban J connectivity index is 2.26. The molecule has 0 fully saturated rings. The minimum Gasteiger partial charge on any atom is -0.383 e. The Labute approximate surface area is 168 Å². The number of nitrogens with one attached hydrogen (secondary N) is 1. The van der Waals surface area contributed by atoms with Crippen molar-refractivity contribution in [1.29, 1.82) is 0 Å². The number of hydrogen-bond acceptors (Lipinski definition) is 4. The number of rotatable bonds is 9. The lowest BCUT2D eigenvalue weighted by molar-refractivity contribution is -0.122. The molecule has 0 bridgehead atoms. The van der Waals surface area contributed by atoms with E-state index in [1.54, 1.807) is 26.2 Å². The number of amides is 1. The van der Waals surface area contributed by atoms with E-state index in [9.17, 15) is 13.2 Å². The zero-order chi connectivity index (χ0) is 19.9. The molecule has 0 aliphatic heterocycles. The van der Waals surface area contributed by atoms with Crippen molar-refractivity contribution in [2.75, 3.05) is 20.3 Å². The molecule has 0 aliphatic rings. The summed E-state index contributed by atoms with van der Waals surface area (Å²) in [5.41, 5.74) is 0.802. The fourth-order valence-corrected chi connectivity index (χ4v) is 4.19. The predicted octanol–water partition coefficient (Wildman–Crippen LogP) is 2.79. The number of sulfonamides is 1. The van der Waals surface area contributed by atoms with Gasteiger partial charge in [0.05, 0.1) is 18.0 Å². The molecule has 1 amide bonds. The molecule has 2 rings (SSSR count). The van der Waals surface area contributed by atoms with E-state index in [1.807, 2.05) is 30.3 Å². The lowest BCUT2D eigenvalue weighted by Crippen LogP contribution is -2.44. The van der Waals surface area contributed by atoms with Gasteiger partial charge in [0.25, 0.3) is 0 Å². The second-order valence-electron chi connectivity index (χ2n) is 6.14. The molecule has 6 nitrogen and oxygen atoms in total. The summed E-state index contributed by atoms with van der Waals surface area (Å²) in [6, 6.07) is 15.3. The van der Waals surface area contributed by atoms with Crippen molar-refractivity contribution in [3.8, 4) is 0 Å². The zero-order valence-electron chi connectivity index (χ0n) is 15.3. The Morgan fingerprint density at radius 1 is 1.15 bits per heavy atom. The van der Waals surface area contributed by atoms with Gasteiger partial charge in [0.1, 0.15) is 0 Å². The van der Waals surface area contributed by atoms with Gasteiger partial charge in [-0.3, -0.25) is 4.79 Å². The summed E-state index contributed by atoms with van der Waals surface area (Å²) >= 11 is 3.30. The third-order valence-corrected chi connectivity index (χ3v) is 6.13. The molecule has 0 aliphatic carbocycles. The summed E-state index contributed by atoms with van der Waals surface area (Å²) < 4.78 is 33.2. The molecular formula is C19H23BrN2O4S. The van der Waals surface area contributed by atoms with Crippen LogP contribution in [0.1, 0.15) is 12.5 Å². The van der Waals surface area contributed by atoms with Crippen molar-refractivity contribution in [1.82, 2.24) is 9.62 Å². The molecule has 0 heterocycles. The van der Waals surface area contributed by atoms with Crippen LogP contribution in [0, 0.1) is 0 Å². The number of carbonyl (C=O) groups is 1. The van der Waals surface area contributed by atoms with Crippen LogP contribution < -0.4 is 5.32 Å². The maximum absolute atomic E-state index is 13.1. The summed E-state index contributed by atoms with van der Waals surface area (Å²) in [5, 5.41) is 2.75. The second kappa shape index (κ2) is 9.98. The number of benzene rings is 2. The highest BCUT2D eigenvalue weighted by atomic mass is 79.9. The van der Waals surface area contributed by atoms with Crippen LogP contribution in [0.15, 0.2) is 64.0 Å². The van der Waals surface area contributed by atoms with Crippen LogP contribution in [-0.4, -0.2) is 44.9 Å². The average molecular weight is 455 g/mol. The van der Waals surface area contributed by atoms with Crippen LogP contribution in [0.4, 0.5) is 0 Å². The van der Waals surface area contributed by atoms with Gasteiger partial charge in [0, 0.05) is 24.2 Å². The van der Waals surface area contributed by atoms with Gasteiger partial charge in [0.15, 0.2) is 0 Å². The monoisotopic (exact) mass is 454 g/mol. The molecule has 2 aromatic rings. The number of carbonyl (C=O) groups excluding carboxylic acids is 1. The number of methoxy groups -OCH3 is 1. The Bertz CT molecular complexity index is 842. The lowest BCUT2D eigenvalue weighted by atomic mass is 10.2. The van der Waals surface area contributed by atoms with Crippen LogP contribution >= 0.6 is 15.9 Å². The van der Waals surface area contributed by atoms with E-state index in [0.29, 0.717) is 6.61 Å². The van der Waals surface area contributed by atoms with E-state index in [0.717, 1.165) is 10.0 Å². The molecule has 0 saturated carbocycles. The molecular weight excluding hydrogens is 432 g/mol. The molecule has 0 aromatic heterocycles. The first-order valence-electron chi connectivity index (χ1n) is 8.41. The molecule has 0 spiro atoms. The number of nitrogens with zero attached hydrogens (tertiary/aromatic N) is 1. The van der Waals surface area contributed by atoms with E-state index in [2.05, 4.69) is 21.2 Å². The third kappa shape index (κ3) is 6.42. The van der Waals surface area contributed by atoms with E-state index < -0.39 is 10.0 Å². The quantitative estimate of drug-likeness (QED) is 0.631. The van der Waals surface area contributed by atoms with Gasteiger partial charge in [-0.2, -0.15) is 4.31 Å². The van der Waals surface area contributed by atoms with E-state index >= 15 is 0 Å². The molecule has 2 aromatic carbocycles. The van der Waals surface area contributed by atoms with Crippen molar-refractivity contribution in [2.24, 2.45) is 0 Å². The van der Waals surface area contributed by atoms with Crippen molar-refractivity contribution >= 4 is 31.9 Å². The largest absolute Gasteiger partial charge is 0.383 e. The van der Waals surface area contributed by atoms with Gasteiger partial charge in [-0.15, -0.1) is 0 Å². The number of halogens is 1. The summed E-state index contributed by atoms with van der Waals surface area (Å²) in [6.45, 7) is 1.97. The molecule has 1 N–H and O–H groups in total. The van der Waals surface area contributed by atoms with E-state index in [1.165, 1.54) is 16.4 Å². The molecule has 0 saturated heterocycles. The minimum absolute atomic E-state index is 0.102. The first kappa shape index (κ1) is 21.6. The maximum atomic E-state index is 13.1. The fourth-order valence-electron chi connectivity index (χ4n) is 2.54. The Kier molecular flexibility index (Phi) is 7.97. The summed E-state index contributed by atoms with van der Waals surface area (Å²) in [6.07, 6.45) is 0. The first-order chi connectivity index (χ1) is 12.8. The van der Waals surface area contributed by atoms with Crippen LogP contribution in [0.2, 0.25) is 0 Å². The van der Waals surface area contributed by atoms with Gasteiger partial charge >= 0.3 is 0 Å². The van der Waals surface area contributed by atoms with Crippen LogP contribution in [0.25, 0.3) is 0 Å². The molecule has 8 heteroatoms. The summed E-state index contributed by atoms with van der Waals surface area (Å²) in [4.78, 5) is 12.5. The highest BCUT2D eigenvalue weighted by Gasteiger charge is 2.27. The highest BCUT2D eigenvalue weighted by molar-refractivity contribution is 9.10. The molecule has 0 radical (unpaired) electrons. The second-order valence-corrected chi connectivity index (χ2v) is 8.99. The fraction of sp³-hybridized carbons (Fsp3) is 0.316. The maximum Gasteiger partial charge on any atom is 0.243 e. The lowest BCUT2D eigenvalue weighted by Gasteiger charge is -2.23. The predicted molar refractivity (Wildman–Crippen MR) is 108 cm³/mol. The van der Waals surface area contributed by atoms with Crippen LogP contribution in [-0.2, 0) is 26.1 Å². The average Bonchev–Trinajstić information content (AvgIpc) is 2.62. The van der Waals surface area contributed by atoms with Crippen LogP contribution in [0.5, 0.6) is 0 Å². The summed E-state index contributed by atoms with van der Waals surface area (Å²) in [5.74, 6) is -0.379. The molecule has 0 unspecified atom stereocenters. The van der Waals surface area contributed by atoms with Crippen molar-refractivity contribution < 1.29 is 17.9 Å². The Hall–Kier alpha value is -1.74. The van der Waals surface area contributed by atoms with Gasteiger partial charge in [-0.25, -0.2) is 8.42 Å². The van der Waals surface area contributed by atoms with Gasteiger partial charge in [-0.1, -0.05) is 46.3 Å². The smallest absolute Gasteiger partial charge is 0.243 e. The van der Waals surface area contributed by atoms with Crippen molar-refractivity contribution in [2.45, 2.75) is 24.4 Å². The van der Waals surface area contributed by atoms with E-state index in [4.69, 9.17) is 4.74 Å². The molecule has 146 valence electrons. The molecule has 1 atom stereocenters. The zero-order valence-corrected chi connectivity index (χ0v) is 17.7. The number of ether oxygens (including phenoxy) is 1.